The van der Waals surface area contributed by atoms with Crippen LogP contribution >= 0.6 is 24.4 Å². The summed E-state index contributed by atoms with van der Waals surface area (Å²) in [5.74, 6) is 0.457. The molecule has 0 bridgehead atoms. The van der Waals surface area contributed by atoms with Gasteiger partial charge in [-0.1, -0.05) is 27.7 Å². The number of aromatic hydroxyl groups is 2. The Balaban J connectivity index is 1.59. The first-order valence-electron chi connectivity index (χ1n) is 13.0. The third kappa shape index (κ3) is 9.04. The molecular weight excluding hydrogens is 496 g/mol. The van der Waals surface area contributed by atoms with E-state index in [2.05, 4.69) is 27.7 Å². The highest BCUT2D eigenvalue weighted by Crippen LogP contribution is 2.28. The van der Waals surface area contributed by atoms with E-state index in [0.717, 1.165) is 38.8 Å². The maximum absolute atomic E-state index is 10.1. The van der Waals surface area contributed by atoms with Gasteiger partial charge in [0.2, 0.25) is 11.8 Å². The number of hydrogen-bond donors (Lipinski definition) is 2. The number of aromatic nitrogens is 4. The highest BCUT2D eigenvalue weighted by molar-refractivity contribution is 7.71. The van der Waals surface area contributed by atoms with Crippen LogP contribution in [0.5, 0.6) is 11.8 Å². The van der Waals surface area contributed by atoms with Gasteiger partial charge in [0, 0.05) is 39.4 Å². The average molecular weight is 543 g/mol. The first kappa shape index (κ1) is 30.6. The number of rotatable bonds is 17. The molecule has 0 aliphatic heterocycles. The van der Waals surface area contributed by atoms with Gasteiger partial charge < -0.3 is 28.8 Å². The van der Waals surface area contributed by atoms with E-state index in [9.17, 15) is 10.2 Å². The summed E-state index contributed by atoms with van der Waals surface area (Å²) in [6, 6.07) is 0. The molecule has 0 saturated carbocycles. The Bertz CT molecular complexity index is 981. The van der Waals surface area contributed by atoms with Gasteiger partial charge in [0.05, 0.1) is 25.6 Å². The van der Waals surface area contributed by atoms with Crippen molar-refractivity contribution in [1.82, 2.24) is 18.3 Å². The third-order valence-electron chi connectivity index (χ3n) is 6.97. The van der Waals surface area contributed by atoms with Crippen molar-refractivity contribution in [3.8, 4) is 11.8 Å². The molecule has 0 aliphatic rings. The van der Waals surface area contributed by atoms with Gasteiger partial charge in [-0.25, -0.2) is 0 Å². The monoisotopic (exact) mass is 542 g/mol. The van der Waals surface area contributed by atoms with E-state index in [1.807, 2.05) is 23.0 Å². The Labute approximate surface area is 226 Å². The lowest BCUT2D eigenvalue weighted by molar-refractivity contribution is 0.0268. The van der Waals surface area contributed by atoms with Crippen LogP contribution in [0.1, 0.15) is 67.2 Å². The summed E-state index contributed by atoms with van der Waals surface area (Å²) in [6.07, 6.45) is 7.07. The summed E-state index contributed by atoms with van der Waals surface area (Å²) in [5, 5.41) is 20.3. The summed E-state index contributed by atoms with van der Waals surface area (Å²) in [4.78, 5) is 0. The van der Waals surface area contributed by atoms with E-state index in [4.69, 9.17) is 33.9 Å². The lowest BCUT2D eigenvalue weighted by atomic mass is 9.86. The standard InChI is InChI=1S/C26H46N4O4S2/c1-7-27-19-21(31)29(23(27)35)13-9-25(3,4)11-15-33-17-18-34-16-12-26(5,6)10-14-30-22(32)20-28(8-2)24(30)36/h19-20,31-32H,7-18H2,1-6H3. The molecule has 206 valence electrons. The summed E-state index contributed by atoms with van der Waals surface area (Å²) in [7, 11) is 0. The molecule has 0 saturated heterocycles. The zero-order valence-electron chi connectivity index (χ0n) is 23.0. The van der Waals surface area contributed by atoms with Crippen LogP contribution in [0.4, 0.5) is 0 Å². The molecule has 0 aliphatic carbocycles. The van der Waals surface area contributed by atoms with Gasteiger partial charge in [-0.05, 0) is 74.8 Å². The number of ether oxygens (including phenoxy) is 2. The van der Waals surface area contributed by atoms with Gasteiger partial charge in [-0.2, -0.15) is 0 Å². The maximum atomic E-state index is 10.1. The van der Waals surface area contributed by atoms with Crippen molar-refractivity contribution in [3.63, 3.8) is 0 Å². The number of hydrogen-bond acceptors (Lipinski definition) is 6. The van der Waals surface area contributed by atoms with Gasteiger partial charge in [0.25, 0.3) is 0 Å². The molecule has 0 unspecified atom stereocenters. The van der Waals surface area contributed by atoms with Crippen molar-refractivity contribution in [3.05, 3.63) is 21.9 Å². The van der Waals surface area contributed by atoms with E-state index in [-0.39, 0.29) is 22.6 Å². The molecule has 0 amide bonds. The lowest BCUT2D eigenvalue weighted by Gasteiger charge is -2.25. The number of nitrogens with zero attached hydrogens (tertiary/aromatic N) is 4. The molecule has 36 heavy (non-hydrogen) atoms. The van der Waals surface area contributed by atoms with Gasteiger partial charge in [0.1, 0.15) is 0 Å². The molecule has 8 nitrogen and oxygen atoms in total. The van der Waals surface area contributed by atoms with Gasteiger partial charge in [-0.15, -0.1) is 0 Å². The van der Waals surface area contributed by atoms with Crippen LogP contribution in [0.2, 0.25) is 0 Å². The summed E-state index contributed by atoms with van der Waals surface area (Å²) in [5.41, 5.74) is 0.158. The third-order valence-corrected chi connectivity index (χ3v) is 7.88. The predicted octanol–water partition coefficient (Wildman–Crippen LogP) is 6.15. The minimum atomic E-state index is 0.0792. The molecule has 0 atom stereocenters. The first-order chi connectivity index (χ1) is 16.9. The van der Waals surface area contributed by atoms with E-state index in [1.54, 1.807) is 21.5 Å². The van der Waals surface area contributed by atoms with Crippen LogP contribution in [0.3, 0.4) is 0 Å². The summed E-state index contributed by atoms with van der Waals surface area (Å²) < 4.78 is 20.3. The quantitative estimate of drug-likeness (QED) is 0.184. The highest BCUT2D eigenvalue weighted by atomic mass is 32.1. The molecule has 0 fully saturated rings. The molecular formula is C26H46N4O4S2. The minimum absolute atomic E-state index is 0.0792. The van der Waals surface area contributed by atoms with Crippen LogP contribution in [0, 0.1) is 20.4 Å². The normalized spacial score (nSPS) is 12.5. The van der Waals surface area contributed by atoms with Crippen molar-refractivity contribution < 1.29 is 19.7 Å². The van der Waals surface area contributed by atoms with Gasteiger partial charge in [0.15, 0.2) is 9.54 Å². The molecule has 2 aromatic heterocycles. The van der Waals surface area contributed by atoms with Crippen LogP contribution in [0.15, 0.2) is 12.4 Å². The van der Waals surface area contributed by atoms with E-state index >= 15 is 0 Å². The van der Waals surface area contributed by atoms with Crippen molar-refractivity contribution in [2.24, 2.45) is 10.8 Å². The lowest BCUT2D eigenvalue weighted by Crippen LogP contribution is -2.19. The molecule has 2 heterocycles. The largest absolute Gasteiger partial charge is 0.493 e. The predicted molar refractivity (Wildman–Crippen MR) is 149 cm³/mol. The second-order valence-electron chi connectivity index (χ2n) is 11.0. The maximum Gasteiger partial charge on any atom is 0.210 e. The fraction of sp³-hybridized carbons (Fsp3) is 0.769. The average Bonchev–Trinajstić information content (AvgIpc) is 3.25. The van der Waals surface area contributed by atoms with Gasteiger partial charge in [-0.3, -0.25) is 9.13 Å². The highest BCUT2D eigenvalue weighted by Gasteiger charge is 2.20. The fourth-order valence-corrected chi connectivity index (χ4v) is 4.74. The Hall–Kier alpha value is -1.62. The van der Waals surface area contributed by atoms with Crippen LogP contribution in [0.25, 0.3) is 0 Å². The summed E-state index contributed by atoms with van der Waals surface area (Å²) >= 11 is 10.9. The Morgan fingerprint density at radius 3 is 1.33 bits per heavy atom. The van der Waals surface area contributed by atoms with Crippen molar-refractivity contribution in [2.75, 3.05) is 26.4 Å². The molecule has 2 rings (SSSR count). The SMILES string of the molecule is CCn1cc(O)n(CCC(C)(C)CCOCCOCCC(C)(C)CCn2c(O)cn(CC)c2=S)c1=S. The molecule has 2 N–H and O–H groups in total. The zero-order valence-corrected chi connectivity index (χ0v) is 24.6. The van der Waals surface area contributed by atoms with Gasteiger partial charge >= 0.3 is 0 Å². The second kappa shape index (κ2) is 13.8. The first-order valence-corrected chi connectivity index (χ1v) is 13.9. The molecule has 0 radical (unpaired) electrons. The molecule has 0 spiro atoms. The minimum Gasteiger partial charge on any atom is -0.493 e. The second-order valence-corrected chi connectivity index (χ2v) is 11.7. The molecule has 2 aromatic rings. The Morgan fingerprint density at radius 1 is 0.667 bits per heavy atom. The summed E-state index contributed by atoms with van der Waals surface area (Å²) in [6.45, 7) is 18.3. The van der Waals surface area contributed by atoms with E-state index in [1.165, 1.54) is 0 Å². The van der Waals surface area contributed by atoms with Crippen molar-refractivity contribution in [1.29, 1.82) is 0 Å². The van der Waals surface area contributed by atoms with Crippen LogP contribution in [-0.4, -0.2) is 54.9 Å². The Kier molecular flexibility index (Phi) is 11.7. The zero-order chi connectivity index (χ0) is 26.9. The number of aryl methyl sites for hydroxylation is 2. The van der Waals surface area contributed by atoms with E-state index in [0.29, 0.717) is 49.1 Å². The van der Waals surface area contributed by atoms with E-state index < -0.39 is 0 Å². The van der Waals surface area contributed by atoms with Crippen molar-refractivity contribution in [2.45, 2.75) is 93.4 Å². The number of imidazole rings is 2. The smallest absolute Gasteiger partial charge is 0.210 e. The molecule has 0 aromatic carbocycles. The molecule has 10 heteroatoms. The van der Waals surface area contributed by atoms with Crippen LogP contribution in [-0.2, 0) is 35.7 Å². The topological polar surface area (TPSA) is 78.6 Å². The van der Waals surface area contributed by atoms with Crippen LogP contribution < -0.4 is 0 Å². The Morgan fingerprint density at radius 2 is 1.03 bits per heavy atom. The van der Waals surface area contributed by atoms with Crippen molar-refractivity contribution >= 4 is 24.4 Å². The fourth-order valence-electron chi connectivity index (χ4n) is 4.01.